The zero-order valence-electron chi connectivity index (χ0n) is 17.5. The molecule has 1 aliphatic carbocycles. The van der Waals surface area contributed by atoms with Gasteiger partial charge in [-0.15, -0.1) is 0 Å². The molecule has 1 saturated carbocycles. The van der Waals surface area contributed by atoms with Gasteiger partial charge in [-0.05, 0) is 48.6 Å². The highest BCUT2D eigenvalue weighted by Crippen LogP contribution is 2.29. The SMILES string of the molecule is Cc1ccc(C(O)NC2CC2)cc1-c1cnn(-c2cncc(NC(=O)C(C)C)c2)c1. The molecule has 7 heteroatoms. The third-order valence-electron chi connectivity index (χ3n) is 5.22. The maximum atomic E-state index is 12.0. The number of rotatable bonds is 7. The van der Waals surface area contributed by atoms with Crippen LogP contribution >= 0.6 is 0 Å². The molecule has 30 heavy (non-hydrogen) atoms. The second kappa shape index (κ2) is 8.38. The van der Waals surface area contributed by atoms with Crippen molar-refractivity contribution in [2.45, 2.75) is 45.9 Å². The summed E-state index contributed by atoms with van der Waals surface area (Å²) in [4.78, 5) is 16.2. The van der Waals surface area contributed by atoms with E-state index in [9.17, 15) is 9.90 Å². The maximum Gasteiger partial charge on any atom is 0.226 e. The quantitative estimate of drug-likeness (QED) is 0.523. The molecule has 1 amide bonds. The smallest absolute Gasteiger partial charge is 0.226 e. The Balaban J connectivity index is 1.58. The topological polar surface area (TPSA) is 92.1 Å². The molecular weight excluding hydrogens is 378 g/mol. The standard InChI is InChI=1S/C23H27N5O2/c1-14(2)22(29)27-19-9-20(12-24-11-19)28-13-17(10-25-28)21-8-16(5-4-15(21)3)23(30)26-18-6-7-18/h4-5,8-14,18,23,26,30H,6-7H2,1-3H3,(H,27,29). The van der Waals surface area contributed by atoms with Crippen LogP contribution in [0.5, 0.6) is 0 Å². The number of pyridine rings is 1. The first-order valence-electron chi connectivity index (χ1n) is 10.3. The summed E-state index contributed by atoms with van der Waals surface area (Å²) in [5.41, 5.74) is 5.31. The van der Waals surface area contributed by atoms with E-state index in [1.54, 1.807) is 23.3 Å². The highest BCUT2D eigenvalue weighted by Gasteiger charge is 2.24. The van der Waals surface area contributed by atoms with E-state index in [0.717, 1.165) is 40.8 Å². The third kappa shape index (κ3) is 4.58. The number of anilines is 1. The molecule has 0 spiro atoms. The minimum Gasteiger partial charge on any atom is -0.374 e. The summed E-state index contributed by atoms with van der Waals surface area (Å²) in [6.07, 6.45) is 8.62. The molecule has 1 aliphatic rings. The van der Waals surface area contributed by atoms with Gasteiger partial charge in [0.05, 0.1) is 30.0 Å². The summed E-state index contributed by atoms with van der Waals surface area (Å²) in [5.74, 6) is -0.161. The van der Waals surface area contributed by atoms with Gasteiger partial charge < -0.3 is 10.4 Å². The number of carbonyl (C=O) groups excluding carboxylic acids is 1. The zero-order chi connectivity index (χ0) is 21.3. The number of hydrogen-bond donors (Lipinski definition) is 3. The number of nitrogens with one attached hydrogen (secondary N) is 2. The van der Waals surface area contributed by atoms with Crippen molar-refractivity contribution < 1.29 is 9.90 Å². The van der Waals surface area contributed by atoms with Crippen LogP contribution in [-0.4, -0.2) is 31.8 Å². The van der Waals surface area contributed by atoms with Gasteiger partial charge in [0, 0.05) is 23.7 Å². The highest BCUT2D eigenvalue weighted by atomic mass is 16.3. The molecule has 3 N–H and O–H groups in total. The number of aliphatic hydroxyl groups is 1. The van der Waals surface area contributed by atoms with Crippen molar-refractivity contribution in [1.82, 2.24) is 20.1 Å². The van der Waals surface area contributed by atoms with Crippen LogP contribution in [0.25, 0.3) is 16.8 Å². The first-order valence-corrected chi connectivity index (χ1v) is 10.3. The van der Waals surface area contributed by atoms with Crippen molar-refractivity contribution in [2.75, 3.05) is 5.32 Å². The lowest BCUT2D eigenvalue weighted by Crippen LogP contribution is -2.22. The average Bonchev–Trinajstić information content (AvgIpc) is 3.40. The Morgan fingerprint density at radius 1 is 1.20 bits per heavy atom. The van der Waals surface area contributed by atoms with Gasteiger partial charge in [0.1, 0.15) is 6.23 Å². The Kier molecular flexibility index (Phi) is 5.65. The molecule has 0 aliphatic heterocycles. The number of aliphatic hydroxyl groups excluding tert-OH is 1. The summed E-state index contributed by atoms with van der Waals surface area (Å²) in [6, 6.07) is 8.24. The molecule has 3 aromatic rings. The summed E-state index contributed by atoms with van der Waals surface area (Å²) in [6.45, 7) is 5.74. The number of benzene rings is 1. The van der Waals surface area contributed by atoms with E-state index < -0.39 is 6.23 Å². The molecule has 156 valence electrons. The Morgan fingerprint density at radius 3 is 2.73 bits per heavy atom. The Morgan fingerprint density at radius 2 is 2.00 bits per heavy atom. The van der Waals surface area contributed by atoms with Crippen LogP contribution in [0.3, 0.4) is 0 Å². The third-order valence-corrected chi connectivity index (χ3v) is 5.22. The monoisotopic (exact) mass is 405 g/mol. The van der Waals surface area contributed by atoms with Crippen molar-refractivity contribution in [3.8, 4) is 16.8 Å². The lowest BCUT2D eigenvalue weighted by atomic mass is 10.00. The minimum absolute atomic E-state index is 0.0547. The highest BCUT2D eigenvalue weighted by molar-refractivity contribution is 5.92. The fourth-order valence-electron chi connectivity index (χ4n) is 3.20. The van der Waals surface area contributed by atoms with Crippen LogP contribution in [-0.2, 0) is 4.79 Å². The molecule has 2 aromatic heterocycles. The fourth-order valence-corrected chi connectivity index (χ4v) is 3.20. The van der Waals surface area contributed by atoms with Crippen molar-refractivity contribution in [3.05, 3.63) is 60.2 Å². The van der Waals surface area contributed by atoms with Crippen molar-refractivity contribution >= 4 is 11.6 Å². The number of aromatic nitrogens is 3. The van der Waals surface area contributed by atoms with E-state index >= 15 is 0 Å². The van der Waals surface area contributed by atoms with Gasteiger partial charge in [-0.1, -0.05) is 26.0 Å². The summed E-state index contributed by atoms with van der Waals surface area (Å²) < 4.78 is 1.73. The summed E-state index contributed by atoms with van der Waals surface area (Å²) in [5, 5.41) is 21.0. The van der Waals surface area contributed by atoms with E-state index in [4.69, 9.17) is 0 Å². The number of carbonyl (C=O) groups is 1. The van der Waals surface area contributed by atoms with Crippen LogP contribution in [0, 0.1) is 12.8 Å². The number of nitrogens with zero attached hydrogens (tertiary/aromatic N) is 3. The van der Waals surface area contributed by atoms with Crippen molar-refractivity contribution in [3.63, 3.8) is 0 Å². The zero-order valence-corrected chi connectivity index (χ0v) is 17.5. The second-order valence-corrected chi connectivity index (χ2v) is 8.17. The van der Waals surface area contributed by atoms with Gasteiger partial charge in [0.2, 0.25) is 5.91 Å². The van der Waals surface area contributed by atoms with E-state index in [0.29, 0.717) is 11.7 Å². The normalized spacial score (nSPS) is 14.7. The van der Waals surface area contributed by atoms with Gasteiger partial charge in [0.25, 0.3) is 0 Å². The van der Waals surface area contributed by atoms with E-state index in [-0.39, 0.29) is 11.8 Å². The summed E-state index contributed by atoms with van der Waals surface area (Å²) in [7, 11) is 0. The van der Waals surface area contributed by atoms with E-state index in [1.807, 2.05) is 51.2 Å². The second-order valence-electron chi connectivity index (χ2n) is 8.17. The van der Waals surface area contributed by atoms with E-state index in [2.05, 4.69) is 20.7 Å². The molecule has 0 saturated heterocycles. The van der Waals surface area contributed by atoms with Gasteiger partial charge in [-0.2, -0.15) is 5.10 Å². The van der Waals surface area contributed by atoms with Gasteiger partial charge in [-0.3, -0.25) is 15.1 Å². The molecule has 4 rings (SSSR count). The van der Waals surface area contributed by atoms with E-state index in [1.165, 1.54) is 0 Å². The van der Waals surface area contributed by atoms with Crippen LogP contribution in [0.4, 0.5) is 5.69 Å². The number of amides is 1. The molecule has 0 bridgehead atoms. The molecule has 2 heterocycles. The van der Waals surface area contributed by atoms with Crippen LogP contribution in [0.1, 0.15) is 44.0 Å². The van der Waals surface area contributed by atoms with Crippen LogP contribution in [0.15, 0.2) is 49.1 Å². The van der Waals surface area contributed by atoms with Gasteiger partial charge in [0.15, 0.2) is 0 Å². The fraction of sp³-hybridized carbons (Fsp3) is 0.348. The maximum absolute atomic E-state index is 12.0. The Bertz CT molecular complexity index is 1060. The van der Waals surface area contributed by atoms with Crippen LogP contribution in [0.2, 0.25) is 0 Å². The Hall–Kier alpha value is -3.03. The molecule has 7 nitrogen and oxygen atoms in total. The lowest BCUT2D eigenvalue weighted by Gasteiger charge is -2.14. The number of aryl methyl sites for hydroxylation is 1. The lowest BCUT2D eigenvalue weighted by molar-refractivity contribution is -0.118. The first-order chi connectivity index (χ1) is 14.4. The van der Waals surface area contributed by atoms with Gasteiger partial charge in [-0.25, -0.2) is 4.68 Å². The predicted molar refractivity (Wildman–Crippen MR) is 116 cm³/mol. The van der Waals surface area contributed by atoms with Crippen molar-refractivity contribution in [2.24, 2.45) is 5.92 Å². The minimum atomic E-state index is -0.669. The molecular formula is C23H27N5O2. The van der Waals surface area contributed by atoms with Crippen molar-refractivity contribution in [1.29, 1.82) is 0 Å². The Labute approximate surface area is 176 Å². The average molecular weight is 406 g/mol. The first kappa shape index (κ1) is 20.3. The molecule has 0 radical (unpaired) electrons. The summed E-state index contributed by atoms with van der Waals surface area (Å²) >= 11 is 0. The molecule has 1 atom stereocenters. The predicted octanol–water partition coefficient (Wildman–Crippen LogP) is 3.58. The molecule has 1 aromatic carbocycles. The van der Waals surface area contributed by atoms with Crippen LogP contribution < -0.4 is 10.6 Å². The number of hydrogen-bond acceptors (Lipinski definition) is 5. The van der Waals surface area contributed by atoms with Gasteiger partial charge >= 0.3 is 0 Å². The molecule has 1 unspecified atom stereocenters. The largest absolute Gasteiger partial charge is 0.374 e. The molecule has 1 fully saturated rings.